The van der Waals surface area contributed by atoms with Crippen LogP contribution in [0.3, 0.4) is 0 Å². The van der Waals surface area contributed by atoms with Gasteiger partial charge in [-0.2, -0.15) is 0 Å². The van der Waals surface area contributed by atoms with Crippen molar-refractivity contribution in [3.05, 3.63) is 63.4 Å². The molecule has 0 N–H and O–H groups in total. The number of nitrogens with zero attached hydrogens (tertiary/aromatic N) is 1. The van der Waals surface area contributed by atoms with Gasteiger partial charge in [-0.05, 0) is 30.3 Å². The topological polar surface area (TPSA) is 52.4 Å². The minimum Gasteiger partial charge on any atom is -0.454 e. The number of halogens is 2. The van der Waals surface area contributed by atoms with Crippen LogP contribution in [-0.4, -0.2) is 4.92 Å². The molecule has 18 heavy (non-hydrogen) atoms. The average Bonchev–Trinajstić information content (AvgIpc) is 2.34. The van der Waals surface area contributed by atoms with Crippen molar-refractivity contribution >= 4 is 17.3 Å². The Hall–Kier alpha value is -2.14. The van der Waals surface area contributed by atoms with Crippen molar-refractivity contribution in [2.75, 3.05) is 0 Å². The molecule has 0 aromatic heterocycles. The second-order valence-corrected chi connectivity index (χ2v) is 3.86. The number of nitro groups is 1. The summed E-state index contributed by atoms with van der Waals surface area (Å²) in [7, 11) is 0. The van der Waals surface area contributed by atoms with Gasteiger partial charge in [0.2, 0.25) is 0 Å². The molecule has 0 aliphatic heterocycles. The Morgan fingerprint density at radius 3 is 2.39 bits per heavy atom. The number of hydrogen-bond acceptors (Lipinski definition) is 3. The van der Waals surface area contributed by atoms with Crippen LogP contribution >= 0.6 is 11.6 Å². The van der Waals surface area contributed by atoms with Gasteiger partial charge in [0.25, 0.3) is 5.69 Å². The number of nitro benzene ring substituents is 1. The first kappa shape index (κ1) is 12.3. The van der Waals surface area contributed by atoms with E-state index in [0.717, 1.165) is 6.07 Å². The van der Waals surface area contributed by atoms with Gasteiger partial charge in [-0.25, -0.2) is 4.39 Å². The smallest absolute Gasteiger partial charge is 0.272 e. The fourth-order valence-electron chi connectivity index (χ4n) is 1.32. The summed E-state index contributed by atoms with van der Waals surface area (Å²) in [6, 6.07) is 9.54. The molecule has 0 aliphatic rings. The second-order valence-electron chi connectivity index (χ2n) is 3.43. The van der Waals surface area contributed by atoms with E-state index in [1.165, 1.54) is 12.1 Å². The van der Waals surface area contributed by atoms with Crippen molar-refractivity contribution in [2.24, 2.45) is 0 Å². The second kappa shape index (κ2) is 5.01. The first-order chi connectivity index (χ1) is 8.56. The molecule has 0 aliphatic carbocycles. The summed E-state index contributed by atoms with van der Waals surface area (Å²) in [5.41, 5.74) is -0.323. The zero-order valence-corrected chi connectivity index (χ0v) is 9.73. The monoisotopic (exact) mass is 267 g/mol. The Morgan fingerprint density at radius 1 is 1.17 bits per heavy atom. The quantitative estimate of drug-likeness (QED) is 0.619. The van der Waals surface area contributed by atoms with E-state index in [-0.39, 0.29) is 11.4 Å². The minimum absolute atomic E-state index is 0.0806. The normalized spacial score (nSPS) is 10.1. The van der Waals surface area contributed by atoms with Gasteiger partial charge in [0.05, 0.1) is 11.0 Å². The molecule has 0 saturated carbocycles. The van der Waals surface area contributed by atoms with Crippen LogP contribution in [0.5, 0.6) is 11.5 Å². The lowest BCUT2D eigenvalue weighted by Crippen LogP contribution is -1.92. The summed E-state index contributed by atoms with van der Waals surface area (Å²) in [4.78, 5) is 9.77. The third-order valence-corrected chi connectivity index (χ3v) is 2.42. The molecule has 2 aromatic carbocycles. The summed E-state index contributed by atoms with van der Waals surface area (Å²) >= 11 is 5.70. The van der Waals surface area contributed by atoms with Crippen molar-refractivity contribution in [3.63, 3.8) is 0 Å². The minimum atomic E-state index is -0.792. The Balaban J connectivity index is 2.24. The molecule has 0 unspecified atom stereocenters. The van der Waals surface area contributed by atoms with Gasteiger partial charge >= 0.3 is 0 Å². The van der Waals surface area contributed by atoms with Gasteiger partial charge in [-0.3, -0.25) is 10.1 Å². The molecule has 0 radical (unpaired) electrons. The van der Waals surface area contributed by atoms with Crippen molar-refractivity contribution < 1.29 is 14.1 Å². The maximum absolute atomic E-state index is 13.5. The Morgan fingerprint density at radius 2 is 1.83 bits per heavy atom. The molecule has 0 amide bonds. The zero-order chi connectivity index (χ0) is 13.1. The Labute approximate surface area is 107 Å². The van der Waals surface area contributed by atoms with Crippen molar-refractivity contribution in [3.8, 4) is 11.5 Å². The molecule has 0 spiro atoms. The highest BCUT2D eigenvalue weighted by Crippen LogP contribution is 2.28. The van der Waals surface area contributed by atoms with Crippen molar-refractivity contribution in [1.29, 1.82) is 0 Å². The lowest BCUT2D eigenvalue weighted by molar-refractivity contribution is -0.385. The molecule has 6 heteroatoms. The molecular weight excluding hydrogens is 261 g/mol. The van der Waals surface area contributed by atoms with Crippen LogP contribution in [0.25, 0.3) is 0 Å². The van der Waals surface area contributed by atoms with E-state index in [1.54, 1.807) is 24.3 Å². The number of rotatable bonds is 3. The summed E-state index contributed by atoms with van der Waals surface area (Å²) in [6.45, 7) is 0. The molecule has 0 fully saturated rings. The lowest BCUT2D eigenvalue weighted by Gasteiger charge is -2.06. The van der Waals surface area contributed by atoms with Crippen LogP contribution < -0.4 is 4.74 Å². The van der Waals surface area contributed by atoms with Crippen LogP contribution in [0, 0.1) is 15.9 Å². The van der Waals surface area contributed by atoms with E-state index in [4.69, 9.17) is 16.3 Å². The van der Waals surface area contributed by atoms with Crippen LogP contribution in [0.2, 0.25) is 5.02 Å². The van der Waals surface area contributed by atoms with Gasteiger partial charge in [0.15, 0.2) is 11.6 Å². The van der Waals surface area contributed by atoms with E-state index in [0.29, 0.717) is 10.8 Å². The van der Waals surface area contributed by atoms with Crippen molar-refractivity contribution in [1.82, 2.24) is 0 Å². The molecule has 0 bridgehead atoms. The van der Waals surface area contributed by atoms with E-state index >= 15 is 0 Å². The third kappa shape index (κ3) is 2.75. The van der Waals surface area contributed by atoms with Crippen LogP contribution in [-0.2, 0) is 0 Å². The number of benzene rings is 2. The van der Waals surface area contributed by atoms with Gasteiger partial charge in [0, 0.05) is 11.1 Å². The SMILES string of the molecule is O=[N+]([O-])c1ccc(Oc2ccc(Cl)cc2)c(F)c1. The van der Waals surface area contributed by atoms with E-state index < -0.39 is 10.7 Å². The summed E-state index contributed by atoms with van der Waals surface area (Å²) in [6.07, 6.45) is 0. The fraction of sp³-hybridized carbons (Fsp3) is 0. The maximum Gasteiger partial charge on any atom is 0.272 e. The van der Waals surface area contributed by atoms with E-state index in [9.17, 15) is 14.5 Å². The highest BCUT2D eigenvalue weighted by Gasteiger charge is 2.12. The van der Waals surface area contributed by atoms with Crippen LogP contribution in [0.15, 0.2) is 42.5 Å². The van der Waals surface area contributed by atoms with Gasteiger partial charge in [-0.1, -0.05) is 11.6 Å². The highest BCUT2D eigenvalue weighted by atomic mass is 35.5. The Kier molecular flexibility index (Phi) is 3.43. The largest absolute Gasteiger partial charge is 0.454 e. The molecular formula is C12H7ClFNO3. The molecule has 0 heterocycles. The van der Waals surface area contributed by atoms with E-state index in [2.05, 4.69) is 0 Å². The molecule has 2 aromatic rings. The molecule has 92 valence electrons. The highest BCUT2D eigenvalue weighted by molar-refractivity contribution is 6.30. The van der Waals surface area contributed by atoms with Gasteiger partial charge in [-0.15, -0.1) is 0 Å². The number of ether oxygens (including phenoxy) is 1. The zero-order valence-electron chi connectivity index (χ0n) is 8.97. The maximum atomic E-state index is 13.5. The molecule has 0 saturated heterocycles. The summed E-state index contributed by atoms with van der Waals surface area (Å²) < 4.78 is 18.8. The first-order valence-electron chi connectivity index (χ1n) is 4.93. The third-order valence-electron chi connectivity index (χ3n) is 2.17. The first-order valence-corrected chi connectivity index (χ1v) is 5.31. The standard InChI is InChI=1S/C12H7ClFNO3/c13-8-1-4-10(5-2-8)18-12-6-3-9(15(16)17)7-11(12)14/h1-7H. The predicted molar refractivity (Wildman–Crippen MR) is 64.6 cm³/mol. The van der Waals surface area contributed by atoms with Gasteiger partial charge < -0.3 is 4.74 Å². The van der Waals surface area contributed by atoms with E-state index in [1.807, 2.05) is 0 Å². The molecule has 0 atom stereocenters. The predicted octanol–water partition coefficient (Wildman–Crippen LogP) is 4.18. The van der Waals surface area contributed by atoms with Crippen LogP contribution in [0.4, 0.5) is 10.1 Å². The number of hydrogen-bond donors (Lipinski definition) is 0. The van der Waals surface area contributed by atoms with Crippen molar-refractivity contribution in [2.45, 2.75) is 0 Å². The van der Waals surface area contributed by atoms with Crippen LogP contribution in [0.1, 0.15) is 0 Å². The molecule has 4 nitrogen and oxygen atoms in total. The summed E-state index contributed by atoms with van der Waals surface area (Å²) in [5.74, 6) is -0.478. The Bertz CT molecular complexity index is 586. The average molecular weight is 268 g/mol. The fourth-order valence-corrected chi connectivity index (χ4v) is 1.44. The molecule has 2 rings (SSSR count). The van der Waals surface area contributed by atoms with Gasteiger partial charge in [0.1, 0.15) is 5.75 Å². The lowest BCUT2D eigenvalue weighted by atomic mass is 10.3. The number of non-ortho nitro benzene ring substituents is 1. The summed E-state index contributed by atoms with van der Waals surface area (Å²) in [5, 5.41) is 11.0.